The zero-order valence-corrected chi connectivity index (χ0v) is 15.3. The molecule has 1 amide bonds. The molecule has 1 aliphatic carbocycles. The molecule has 0 spiro atoms. The number of anilines is 1. The van der Waals surface area contributed by atoms with E-state index in [1.165, 1.54) is 6.92 Å². The Balaban J connectivity index is 1.65. The topological polar surface area (TPSA) is 76.9 Å². The third-order valence-corrected chi connectivity index (χ3v) is 4.69. The highest BCUT2D eigenvalue weighted by atomic mass is 16.2. The number of carbonyl (C=O) groups is 2. The Morgan fingerprint density at radius 3 is 2.52 bits per heavy atom. The van der Waals surface area contributed by atoms with E-state index in [2.05, 4.69) is 15.6 Å². The molecule has 0 atom stereocenters. The summed E-state index contributed by atoms with van der Waals surface area (Å²) in [5, 5.41) is 11.2. The lowest BCUT2D eigenvalue weighted by atomic mass is 10.1. The number of nitrogens with zero attached hydrogens (tertiary/aromatic N) is 3. The number of ketones is 1. The lowest BCUT2D eigenvalue weighted by molar-refractivity contribution is 0.100. The van der Waals surface area contributed by atoms with Crippen molar-refractivity contribution in [1.29, 1.82) is 0 Å². The molecular formula is C21H20N4O2. The molecule has 4 rings (SSSR count). The molecule has 1 fully saturated rings. The number of aromatic nitrogens is 3. The van der Waals surface area contributed by atoms with Crippen LogP contribution in [0.5, 0.6) is 0 Å². The van der Waals surface area contributed by atoms with Crippen LogP contribution in [0.2, 0.25) is 0 Å². The largest absolute Gasteiger partial charge is 0.321 e. The van der Waals surface area contributed by atoms with Crippen molar-refractivity contribution < 1.29 is 9.59 Å². The highest BCUT2D eigenvalue weighted by Crippen LogP contribution is 2.42. The molecule has 1 saturated carbocycles. The van der Waals surface area contributed by atoms with Gasteiger partial charge >= 0.3 is 0 Å². The summed E-state index contributed by atoms with van der Waals surface area (Å²) in [4.78, 5) is 24.4. The van der Waals surface area contributed by atoms with Crippen LogP contribution in [0.4, 0.5) is 5.69 Å². The molecule has 3 aromatic rings. The van der Waals surface area contributed by atoms with Crippen molar-refractivity contribution in [3.8, 4) is 5.69 Å². The Bertz CT molecular complexity index is 1020. The minimum atomic E-state index is -0.309. The second-order valence-electron chi connectivity index (χ2n) is 6.94. The number of benzene rings is 2. The molecule has 2 aromatic carbocycles. The fraction of sp³-hybridized carbons (Fsp3) is 0.238. The minimum absolute atomic E-state index is 0.0462. The van der Waals surface area contributed by atoms with Crippen LogP contribution in [-0.2, 0) is 0 Å². The number of amides is 1. The number of aryl methyl sites for hydroxylation is 1. The van der Waals surface area contributed by atoms with Gasteiger partial charge in [-0.05, 0) is 51.0 Å². The van der Waals surface area contributed by atoms with Crippen molar-refractivity contribution in [2.45, 2.75) is 32.6 Å². The first kappa shape index (κ1) is 17.1. The summed E-state index contributed by atoms with van der Waals surface area (Å²) >= 11 is 0. The summed E-state index contributed by atoms with van der Waals surface area (Å²) in [6.07, 6.45) is 2.05. The second-order valence-corrected chi connectivity index (χ2v) is 6.94. The number of nitrogens with one attached hydrogen (secondary N) is 1. The molecule has 0 unspecified atom stereocenters. The van der Waals surface area contributed by atoms with Gasteiger partial charge in [0.25, 0.3) is 5.91 Å². The quantitative estimate of drug-likeness (QED) is 0.700. The first-order valence-electron chi connectivity index (χ1n) is 8.98. The molecule has 1 aliphatic rings. The molecule has 27 heavy (non-hydrogen) atoms. The zero-order valence-electron chi connectivity index (χ0n) is 15.3. The maximum Gasteiger partial charge on any atom is 0.278 e. The number of Topliss-reactive ketones (excluding diaryl/α,β-unsaturated/α-hetero) is 1. The van der Waals surface area contributed by atoms with E-state index in [9.17, 15) is 9.59 Å². The first-order chi connectivity index (χ1) is 13.0. The van der Waals surface area contributed by atoms with Gasteiger partial charge in [0.2, 0.25) is 0 Å². The summed E-state index contributed by atoms with van der Waals surface area (Å²) in [6.45, 7) is 3.53. The average molecular weight is 360 g/mol. The van der Waals surface area contributed by atoms with E-state index in [0.29, 0.717) is 22.9 Å². The van der Waals surface area contributed by atoms with Crippen molar-refractivity contribution in [2.75, 3.05) is 5.32 Å². The van der Waals surface area contributed by atoms with Crippen molar-refractivity contribution in [2.24, 2.45) is 0 Å². The normalized spacial score (nSPS) is 13.4. The summed E-state index contributed by atoms with van der Waals surface area (Å²) in [5.74, 6) is -0.0587. The van der Waals surface area contributed by atoms with Crippen LogP contribution in [0.1, 0.15) is 57.8 Å². The number of hydrogen-bond donors (Lipinski definition) is 1. The summed E-state index contributed by atoms with van der Waals surface area (Å²) < 4.78 is 1.76. The molecule has 0 aliphatic heterocycles. The molecule has 1 aromatic heterocycles. The Morgan fingerprint density at radius 2 is 1.85 bits per heavy atom. The second kappa shape index (κ2) is 6.79. The molecule has 0 saturated heterocycles. The van der Waals surface area contributed by atoms with Crippen molar-refractivity contribution in [3.05, 3.63) is 71.0 Å². The van der Waals surface area contributed by atoms with E-state index in [1.54, 1.807) is 28.9 Å². The van der Waals surface area contributed by atoms with E-state index < -0.39 is 0 Å². The fourth-order valence-electron chi connectivity index (χ4n) is 3.06. The third kappa shape index (κ3) is 3.51. The van der Waals surface area contributed by atoms with Gasteiger partial charge < -0.3 is 5.32 Å². The van der Waals surface area contributed by atoms with Gasteiger partial charge in [0, 0.05) is 17.2 Å². The highest BCUT2D eigenvalue weighted by molar-refractivity contribution is 6.04. The molecule has 0 radical (unpaired) electrons. The Labute approximate surface area is 157 Å². The van der Waals surface area contributed by atoms with E-state index in [4.69, 9.17) is 0 Å². The summed E-state index contributed by atoms with van der Waals surface area (Å²) in [6, 6.07) is 14.9. The van der Waals surface area contributed by atoms with Crippen molar-refractivity contribution >= 4 is 17.4 Å². The lowest BCUT2D eigenvalue weighted by Crippen LogP contribution is -2.15. The lowest BCUT2D eigenvalue weighted by Gasteiger charge is -2.08. The van der Waals surface area contributed by atoms with Crippen molar-refractivity contribution in [3.63, 3.8) is 0 Å². The maximum absolute atomic E-state index is 12.8. The van der Waals surface area contributed by atoms with Crippen LogP contribution in [0.25, 0.3) is 5.69 Å². The number of rotatable bonds is 5. The van der Waals surface area contributed by atoms with Gasteiger partial charge in [-0.2, -0.15) is 0 Å². The number of carbonyl (C=O) groups excluding carboxylic acids is 2. The molecule has 0 bridgehead atoms. The first-order valence-corrected chi connectivity index (χ1v) is 8.98. The predicted molar refractivity (Wildman–Crippen MR) is 102 cm³/mol. The maximum atomic E-state index is 12.8. The molecule has 136 valence electrons. The van der Waals surface area contributed by atoms with Crippen LogP contribution in [0, 0.1) is 6.92 Å². The molecule has 6 nitrogen and oxygen atoms in total. The van der Waals surface area contributed by atoms with Gasteiger partial charge in [0.15, 0.2) is 11.5 Å². The SMILES string of the molecule is CC(=O)c1cccc(NC(=O)c2nnn(-c3ccc(C)cc3)c2C2CC2)c1. The highest BCUT2D eigenvalue weighted by Gasteiger charge is 2.34. The third-order valence-electron chi connectivity index (χ3n) is 4.69. The minimum Gasteiger partial charge on any atom is -0.321 e. The van der Waals surface area contributed by atoms with Gasteiger partial charge in [-0.3, -0.25) is 9.59 Å². The van der Waals surface area contributed by atoms with E-state index in [0.717, 1.165) is 29.8 Å². The van der Waals surface area contributed by atoms with Crippen LogP contribution < -0.4 is 5.32 Å². The monoisotopic (exact) mass is 360 g/mol. The van der Waals surface area contributed by atoms with Crippen molar-refractivity contribution in [1.82, 2.24) is 15.0 Å². The predicted octanol–water partition coefficient (Wildman–Crippen LogP) is 3.91. The standard InChI is InChI=1S/C21H20N4O2/c1-13-6-10-18(11-7-13)25-20(15-8-9-15)19(23-24-25)21(27)22-17-5-3-4-16(12-17)14(2)26/h3-7,10-12,15H,8-9H2,1-2H3,(H,22,27). The van der Waals surface area contributed by atoms with Gasteiger partial charge in [-0.1, -0.05) is 35.0 Å². The van der Waals surface area contributed by atoms with Crippen LogP contribution in [0.3, 0.4) is 0 Å². The Morgan fingerprint density at radius 1 is 1.11 bits per heavy atom. The summed E-state index contributed by atoms with van der Waals surface area (Å²) in [5.41, 5.74) is 4.37. The van der Waals surface area contributed by atoms with E-state index in [-0.39, 0.29) is 11.7 Å². The van der Waals surface area contributed by atoms with Gasteiger partial charge in [-0.15, -0.1) is 5.10 Å². The van der Waals surface area contributed by atoms with Crippen LogP contribution >= 0.6 is 0 Å². The van der Waals surface area contributed by atoms with E-state index in [1.807, 2.05) is 31.2 Å². The van der Waals surface area contributed by atoms with Gasteiger partial charge in [0.05, 0.1) is 11.4 Å². The zero-order chi connectivity index (χ0) is 19.0. The van der Waals surface area contributed by atoms with Gasteiger partial charge in [-0.25, -0.2) is 4.68 Å². The number of hydrogen-bond acceptors (Lipinski definition) is 4. The van der Waals surface area contributed by atoms with E-state index >= 15 is 0 Å². The molecule has 1 heterocycles. The smallest absolute Gasteiger partial charge is 0.278 e. The van der Waals surface area contributed by atoms with Crippen LogP contribution in [-0.4, -0.2) is 26.7 Å². The van der Waals surface area contributed by atoms with Crippen LogP contribution in [0.15, 0.2) is 48.5 Å². The van der Waals surface area contributed by atoms with Gasteiger partial charge in [0.1, 0.15) is 0 Å². The Kier molecular flexibility index (Phi) is 4.32. The molecule has 6 heteroatoms. The fourth-order valence-corrected chi connectivity index (χ4v) is 3.06. The molecular weight excluding hydrogens is 340 g/mol. The Hall–Kier alpha value is -3.28. The summed E-state index contributed by atoms with van der Waals surface area (Å²) in [7, 11) is 0. The molecule has 1 N–H and O–H groups in total. The average Bonchev–Trinajstić information content (AvgIpc) is 3.40.